The molecule has 0 radical (unpaired) electrons. The lowest BCUT2D eigenvalue weighted by Crippen LogP contribution is -2.57. The first-order valence-electron chi connectivity index (χ1n) is 8.41. The Morgan fingerprint density at radius 3 is 2.88 bits per heavy atom. The van der Waals surface area contributed by atoms with Gasteiger partial charge in [-0.15, -0.1) is 11.3 Å². The van der Waals surface area contributed by atoms with Crippen LogP contribution in [0.25, 0.3) is 0 Å². The van der Waals surface area contributed by atoms with Gasteiger partial charge >= 0.3 is 0 Å². The number of piperazine rings is 1. The highest BCUT2D eigenvalue weighted by atomic mass is 32.1. The molecule has 2 aromatic rings. The van der Waals surface area contributed by atoms with Gasteiger partial charge in [0.05, 0.1) is 30.9 Å². The van der Waals surface area contributed by atoms with Gasteiger partial charge in [-0.25, -0.2) is 0 Å². The van der Waals surface area contributed by atoms with Crippen molar-refractivity contribution in [2.45, 2.75) is 19.5 Å². The Bertz CT molecular complexity index is 828. The van der Waals surface area contributed by atoms with Crippen LogP contribution in [0.2, 0.25) is 0 Å². The number of para-hydroxylation sites is 1. The normalized spacial score (nSPS) is 17.8. The summed E-state index contributed by atoms with van der Waals surface area (Å²) >= 11 is 1.60. The molecule has 1 aromatic carbocycles. The van der Waals surface area contributed by atoms with Crippen LogP contribution in [0.3, 0.4) is 0 Å². The number of hydrogen-bond acceptors (Lipinski definition) is 5. The Labute approximate surface area is 156 Å². The summed E-state index contributed by atoms with van der Waals surface area (Å²) in [4.78, 5) is 29.4. The molecule has 0 bridgehead atoms. The Morgan fingerprint density at radius 2 is 2.15 bits per heavy atom. The number of carbonyl (C=O) groups is 2. The van der Waals surface area contributed by atoms with Crippen molar-refractivity contribution >= 4 is 28.8 Å². The average molecular weight is 368 g/mol. The summed E-state index contributed by atoms with van der Waals surface area (Å²) < 4.78 is 0. The molecule has 0 unspecified atom stereocenters. The van der Waals surface area contributed by atoms with Crippen molar-refractivity contribution in [2.75, 3.05) is 24.5 Å². The summed E-state index contributed by atoms with van der Waals surface area (Å²) in [5.41, 5.74) is 1.11. The van der Waals surface area contributed by atoms with Crippen molar-refractivity contribution in [3.63, 3.8) is 0 Å². The fourth-order valence-electron chi connectivity index (χ4n) is 2.98. The lowest BCUT2D eigenvalue weighted by Gasteiger charge is -2.39. The number of thiophene rings is 1. The zero-order chi connectivity index (χ0) is 18.5. The molecule has 134 valence electrons. The number of nitrogens with zero attached hydrogens (tertiary/aromatic N) is 3. The summed E-state index contributed by atoms with van der Waals surface area (Å²) in [5.74, 6) is -0.194. The maximum Gasteiger partial charge on any atom is 0.241 e. The van der Waals surface area contributed by atoms with Crippen LogP contribution < -0.4 is 10.2 Å². The van der Waals surface area contributed by atoms with Crippen molar-refractivity contribution in [3.05, 3.63) is 52.2 Å². The molecule has 0 spiro atoms. The highest BCUT2D eigenvalue weighted by Gasteiger charge is 2.32. The Kier molecular flexibility index (Phi) is 5.66. The monoisotopic (exact) mass is 368 g/mol. The number of anilines is 1. The Balaban J connectivity index is 1.60. The van der Waals surface area contributed by atoms with E-state index in [2.05, 4.69) is 11.4 Å². The molecule has 26 heavy (non-hydrogen) atoms. The predicted octanol–water partition coefficient (Wildman–Crippen LogP) is 1.97. The molecule has 1 aromatic heterocycles. The second kappa shape index (κ2) is 8.13. The van der Waals surface area contributed by atoms with E-state index in [1.165, 1.54) is 0 Å². The number of carbonyl (C=O) groups excluding carboxylic acids is 2. The van der Waals surface area contributed by atoms with E-state index >= 15 is 0 Å². The number of nitriles is 1. The predicted molar refractivity (Wildman–Crippen MR) is 101 cm³/mol. The minimum atomic E-state index is -0.100. The van der Waals surface area contributed by atoms with Crippen LogP contribution in [-0.4, -0.2) is 42.4 Å². The molecule has 6 nitrogen and oxygen atoms in total. The molecule has 1 atom stereocenters. The largest absolute Gasteiger partial charge is 0.350 e. The quantitative estimate of drug-likeness (QED) is 0.875. The van der Waals surface area contributed by atoms with E-state index < -0.39 is 0 Å². The van der Waals surface area contributed by atoms with Gasteiger partial charge in [0.25, 0.3) is 0 Å². The van der Waals surface area contributed by atoms with Gasteiger partial charge in [-0.1, -0.05) is 18.2 Å². The smallest absolute Gasteiger partial charge is 0.241 e. The van der Waals surface area contributed by atoms with Crippen LogP contribution in [0.4, 0.5) is 5.69 Å². The topological polar surface area (TPSA) is 76.4 Å². The Morgan fingerprint density at radius 1 is 1.35 bits per heavy atom. The Hall–Kier alpha value is -2.69. The van der Waals surface area contributed by atoms with E-state index in [4.69, 9.17) is 0 Å². The van der Waals surface area contributed by atoms with Crippen LogP contribution in [0, 0.1) is 11.3 Å². The molecule has 3 rings (SSSR count). The zero-order valence-electron chi connectivity index (χ0n) is 14.5. The molecule has 2 amide bonds. The molecule has 2 heterocycles. The molecular formula is C19H20N4O2S. The fourth-order valence-corrected chi connectivity index (χ4v) is 3.63. The summed E-state index contributed by atoms with van der Waals surface area (Å²) in [7, 11) is 0. The number of benzene rings is 1. The highest BCUT2D eigenvalue weighted by molar-refractivity contribution is 7.09. The number of rotatable bonds is 5. The van der Waals surface area contributed by atoms with Crippen molar-refractivity contribution in [1.29, 1.82) is 5.26 Å². The van der Waals surface area contributed by atoms with Gasteiger partial charge in [-0.2, -0.15) is 5.26 Å². The number of hydrogen-bond donors (Lipinski definition) is 1. The fraction of sp³-hybridized carbons (Fsp3) is 0.316. The molecule has 1 saturated heterocycles. The maximum atomic E-state index is 12.6. The van der Waals surface area contributed by atoms with Crippen LogP contribution >= 0.6 is 11.3 Å². The van der Waals surface area contributed by atoms with E-state index in [0.29, 0.717) is 24.3 Å². The molecule has 1 aliphatic rings. The summed E-state index contributed by atoms with van der Waals surface area (Å²) in [6.07, 6.45) is 0. The van der Waals surface area contributed by atoms with Gasteiger partial charge in [0, 0.05) is 17.5 Å². The maximum absolute atomic E-state index is 12.6. The summed E-state index contributed by atoms with van der Waals surface area (Å²) in [5, 5.41) is 14.1. The van der Waals surface area contributed by atoms with Gasteiger partial charge in [-0.3, -0.25) is 14.5 Å². The molecule has 1 N–H and O–H groups in total. The highest BCUT2D eigenvalue weighted by Crippen LogP contribution is 2.23. The molecule has 1 fully saturated rings. The SMILES string of the molecule is C[C@@H]1CN(c2ccccc2C#N)C(=O)CN1CC(=O)NCc1cccs1. The molecule has 1 aliphatic heterocycles. The second-order valence-electron chi connectivity index (χ2n) is 6.24. The third-order valence-corrected chi connectivity index (χ3v) is 5.29. The van der Waals surface area contributed by atoms with Crippen LogP contribution in [0.5, 0.6) is 0 Å². The number of nitrogens with one attached hydrogen (secondary N) is 1. The van der Waals surface area contributed by atoms with Gasteiger partial charge in [0.1, 0.15) is 6.07 Å². The summed E-state index contributed by atoms with van der Waals surface area (Å²) in [6.45, 7) is 3.30. The van der Waals surface area contributed by atoms with Crippen molar-refractivity contribution in [1.82, 2.24) is 10.2 Å². The van der Waals surface area contributed by atoms with E-state index in [0.717, 1.165) is 4.88 Å². The van der Waals surface area contributed by atoms with Gasteiger partial charge in [-0.05, 0) is 30.5 Å². The van der Waals surface area contributed by atoms with E-state index in [1.807, 2.05) is 35.4 Å². The molecule has 0 saturated carbocycles. The second-order valence-corrected chi connectivity index (χ2v) is 7.28. The van der Waals surface area contributed by atoms with Gasteiger partial charge in [0.2, 0.25) is 11.8 Å². The van der Waals surface area contributed by atoms with Gasteiger partial charge < -0.3 is 10.2 Å². The van der Waals surface area contributed by atoms with Crippen molar-refractivity contribution in [2.24, 2.45) is 0 Å². The van der Waals surface area contributed by atoms with Crippen LogP contribution in [0.15, 0.2) is 41.8 Å². The first-order valence-corrected chi connectivity index (χ1v) is 9.29. The molecule has 7 heteroatoms. The number of amides is 2. The van der Waals surface area contributed by atoms with E-state index in [1.54, 1.807) is 34.4 Å². The lowest BCUT2D eigenvalue weighted by atomic mass is 10.1. The average Bonchev–Trinajstić information content (AvgIpc) is 3.16. The van der Waals surface area contributed by atoms with Crippen molar-refractivity contribution in [3.8, 4) is 6.07 Å². The van der Waals surface area contributed by atoms with E-state index in [-0.39, 0.29) is 30.9 Å². The van der Waals surface area contributed by atoms with Crippen molar-refractivity contribution < 1.29 is 9.59 Å². The van der Waals surface area contributed by atoms with Gasteiger partial charge in [0.15, 0.2) is 0 Å². The minimum absolute atomic E-state index is 0.0203. The molecular weight excluding hydrogens is 348 g/mol. The summed E-state index contributed by atoms with van der Waals surface area (Å²) in [6, 6.07) is 13.2. The molecule has 0 aliphatic carbocycles. The zero-order valence-corrected chi connectivity index (χ0v) is 15.3. The first-order chi connectivity index (χ1) is 12.6. The van der Waals surface area contributed by atoms with Crippen LogP contribution in [0.1, 0.15) is 17.4 Å². The minimum Gasteiger partial charge on any atom is -0.350 e. The first kappa shape index (κ1) is 18.1. The lowest BCUT2D eigenvalue weighted by molar-refractivity contribution is -0.126. The third-order valence-electron chi connectivity index (χ3n) is 4.41. The third kappa shape index (κ3) is 4.10. The standard InChI is InChI=1S/C19H20N4O2S/c1-14-11-23(17-7-3-2-5-15(17)9-20)19(25)13-22(14)12-18(24)21-10-16-6-4-8-26-16/h2-8,14H,10-13H2,1H3,(H,21,24)/t14-/m1/s1. The van der Waals surface area contributed by atoms with E-state index in [9.17, 15) is 14.9 Å². The van der Waals surface area contributed by atoms with Crippen LogP contribution in [-0.2, 0) is 16.1 Å².